The van der Waals surface area contributed by atoms with Crippen LogP contribution in [-0.4, -0.2) is 160 Å². The lowest BCUT2D eigenvalue weighted by atomic mass is 9.69. The zero-order chi connectivity index (χ0) is 60.2. The van der Waals surface area contributed by atoms with Gasteiger partial charge in [0.05, 0.1) is 97.7 Å². The van der Waals surface area contributed by atoms with Crippen LogP contribution >= 0.6 is 34.3 Å². The lowest BCUT2D eigenvalue weighted by molar-refractivity contribution is -0.144. The number of anilines is 2. The monoisotopic (exact) mass is 1230 g/mol. The van der Waals surface area contributed by atoms with Crippen LogP contribution in [-0.2, 0) is 64.2 Å². The molecule has 1 saturated heterocycles. The number of thiazole rings is 2. The Morgan fingerprint density at radius 3 is 2.38 bits per heavy atom. The largest absolute Gasteiger partial charge is 0.487 e. The van der Waals surface area contributed by atoms with Gasteiger partial charge in [-0.15, -0.1) is 27.8 Å². The summed E-state index contributed by atoms with van der Waals surface area (Å²) in [6, 6.07) is 16.3. The number of amides is 4. The number of ether oxygens (including phenoxy) is 5. The molecule has 1 aliphatic carbocycles. The van der Waals surface area contributed by atoms with Crippen LogP contribution in [0.2, 0.25) is 5.02 Å². The second-order valence-corrected chi connectivity index (χ2v) is 24.2. The average Bonchev–Trinajstić information content (AvgIpc) is 4.16. The number of β-amino-alcohol motifs (C(OH)–C–C–N with tert-alkyl or cyclic N) is 1. The third-order valence-electron chi connectivity index (χ3n) is 14.6. The quantitative estimate of drug-likeness (QED) is 0.0249. The van der Waals surface area contributed by atoms with Gasteiger partial charge in [-0.05, 0) is 73.4 Å². The van der Waals surface area contributed by atoms with Gasteiger partial charge < -0.3 is 60.3 Å². The second kappa shape index (κ2) is 31.7. The number of benzene rings is 2. The Hall–Kier alpha value is -6.55. The van der Waals surface area contributed by atoms with Gasteiger partial charge in [-0.25, -0.2) is 19.3 Å². The highest BCUT2D eigenvalue weighted by molar-refractivity contribution is 7.13. The fraction of sp³-hybridized carbons (Fsp3) is 0.508. The maximum absolute atomic E-state index is 14.7. The van der Waals surface area contributed by atoms with Gasteiger partial charge in [0.1, 0.15) is 30.2 Å². The molecule has 0 radical (unpaired) electrons. The van der Waals surface area contributed by atoms with Crippen LogP contribution in [0, 0.1) is 23.6 Å². The van der Waals surface area contributed by atoms with Crippen LogP contribution in [0.5, 0.6) is 5.75 Å². The molecule has 26 heteroatoms. The minimum atomic E-state index is -0.972. The molecule has 1 aliphatic heterocycles. The number of rotatable bonds is 32. The predicted octanol–water partition coefficient (Wildman–Crippen LogP) is 6.43. The van der Waals surface area contributed by atoms with Crippen molar-refractivity contribution in [3.05, 3.63) is 117 Å². The normalized spacial score (nSPS) is 18.2. The lowest BCUT2D eigenvalue weighted by Gasteiger charge is -2.39. The van der Waals surface area contributed by atoms with Crippen LogP contribution in [0.3, 0.4) is 0 Å². The summed E-state index contributed by atoms with van der Waals surface area (Å²) in [5.74, 6) is -1.26. The minimum Gasteiger partial charge on any atom is -0.487 e. The van der Waals surface area contributed by atoms with Crippen molar-refractivity contribution in [3.63, 3.8) is 0 Å². The number of hydrogen-bond acceptors (Lipinski definition) is 19. The molecule has 6 aromatic rings. The van der Waals surface area contributed by atoms with Crippen LogP contribution in [0.1, 0.15) is 75.5 Å². The lowest BCUT2D eigenvalue weighted by Crippen LogP contribution is -2.58. The molecule has 6 N–H and O–H groups in total. The van der Waals surface area contributed by atoms with Gasteiger partial charge >= 0.3 is 0 Å². The Bertz CT molecular complexity index is 3090. The number of aliphatic hydroxyl groups excluding tert-OH is 1. The summed E-state index contributed by atoms with van der Waals surface area (Å²) in [5.41, 5.74) is 4.64. The fourth-order valence-electron chi connectivity index (χ4n) is 10.1. The highest BCUT2D eigenvalue weighted by Crippen LogP contribution is 2.42. The van der Waals surface area contributed by atoms with Crippen molar-refractivity contribution in [1.29, 1.82) is 0 Å². The first-order valence-electron chi connectivity index (χ1n) is 28.5. The van der Waals surface area contributed by atoms with Crippen LogP contribution in [0.25, 0.3) is 10.4 Å². The summed E-state index contributed by atoms with van der Waals surface area (Å²) in [7, 11) is 0. The molecule has 8 rings (SSSR count). The van der Waals surface area contributed by atoms with E-state index in [1.165, 1.54) is 22.3 Å². The SMILES string of the molecule is Cc1ncsc1-c1ccc(CNC(=O)[C@@H]2C[C@@H](O)CN2C(=O)[C@@H](NC(=O)COCCNCCn2cc(COCCOCCOCCNC(=O)C3(Cc4cccc(Nc5nccs5)n4)CCC(Oc4cccc(Cl)c4F)CC3)nn2)C(C)(C)C)cc1. The summed E-state index contributed by atoms with van der Waals surface area (Å²) < 4.78 is 45.2. The Morgan fingerprint density at radius 1 is 0.882 bits per heavy atom. The molecule has 5 heterocycles. The molecule has 2 aromatic carbocycles. The van der Waals surface area contributed by atoms with E-state index in [0.29, 0.717) is 103 Å². The number of hydrogen-bond donors (Lipinski definition) is 6. The summed E-state index contributed by atoms with van der Waals surface area (Å²) in [6.07, 6.45) is 4.95. The number of nitrogens with zero attached hydrogens (tertiary/aromatic N) is 7. The Morgan fingerprint density at radius 2 is 1.64 bits per heavy atom. The first kappa shape index (κ1) is 64.4. The minimum absolute atomic E-state index is 0.00519. The van der Waals surface area contributed by atoms with Crippen molar-refractivity contribution in [2.45, 2.75) is 110 Å². The molecule has 0 spiro atoms. The van der Waals surface area contributed by atoms with Gasteiger partial charge in [-0.2, -0.15) is 0 Å². The Balaban J connectivity index is 0.656. The van der Waals surface area contributed by atoms with E-state index >= 15 is 0 Å². The fourth-order valence-corrected chi connectivity index (χ4v) is 11.6. The van der Waals surface area contributed by atoms with E-state index in [0.717, 1.165) is 32.5 Å². The highest BCUT2D eigenvalue weighted by Gasteiger charge is 2.45. The van der Waals surface area contributed by atoms with E-state index in [1.807, 2.05) is 81.1 Å². The smallest absolute Gasteiger partial charge is 0.246 e. The summed E-state index contributed by atoms with van der Waals surface area (Å²) in [6.45, 7) is 11.4. The first-order valence-corrected chi connectivity index (χ1v) is 30.6. The molecule has 2 aliphatic rings. The van der Waals surface area contributed by atoms with Crippen molar-refractivity contribution in [3.8, 4) is 16.2 Å². The molecule has 2 fully saturated rings. The molecule has 458 valence electrons. The van der Waals surface area contributed by atoms with E-state index in [9.17, 15) is 28.7 Å². The third-order valence-corrected chi connectivity index (χ3v) is 16.5. The maximum atomic E-state index is 14.7. The van der Waals surface area contributed by atoms with Gasteiger partial charge in [0.15, 0.2) is 16.7 Å². The number of nitrogens with one attached hydrogen (secondary N) is 5. The van der Waals surface area contributed by atoms with Crippen LogP contribution < -0.4 is 31.3 Å². The van der Waals surface area contributed by atoms with Gasteiger partial charge in [0, 0.05) is 62.8 Å². The van der Waals surface area contributed by atoms with Crippen molar-refractivity contribution < 1.29 is 52.4 Å². The maximum Gasteiger partial charge on any atom is 0.246 e. The van der Waals surface area contributed by atoms with Crippen molar-refractivity contribution in [1.82, 2.24) is 56.1 Å². The van der Waals surface area contributed by atoms with E-state index in [4.69, 9.17) is 40.3 Å². The van der Waals surface area contributed by atoms with Gasteiger partial charge in [0.2, 0.25) is 23.6 Å². The zero-order valence-corrected chi connectivity index (χ0v) is 50.7. The molecule has 4 aromatic heterocycles. The molecule has 85 heavy (non-hydrogen) atoms. The van der Waals surface area contributed by atoms with Gasteiger partial charge in [0.25, 0.3) is 0 Å². The molecule has 0 unspecified atom stereocenters. The standard InChI is InChI=1S/C59H76ClFN12O10S2/c1-39-52(85-38-66-39)41-13-11-40(12-14-41)33-65-54(76)47-31-44(74)35-73(47)55(77)53(58(2,3)4)69-50(75)37-81-24-20-62-19-23-72-34-43(70-71-72)36-82-29-28-80-27-26-79-25-21-63-56(78)59(32-42-7-5-10-49(67-42)68-57-64-22-30-84-57)17-15-45(16-18-59)83-48-9-6-8-46(60)51(48)61/h5-14,22,30,34,38,44-45,47,53,62,74H,15-21,23-29,31-33,35-37H2,1-4H3,(H,63,78)(H,65,76)(H,69,75)(H,64,67,68)/t44-,45?,47+,53-,59?/m1/s1. The topological polar surface area (TPSA) is 267 Å². The Kier molecular flexibility index (Phi) is 24.1. The Labute approximate surface area is 507 Å². The second-order valence-electron chi connectivity index (χ2n) is 22.1. The van der Waals surface area contributed by atoms with Crippen LogP contribution in [0.4, 0.5) is 15.3 Å². The zero-order valence-electron chi connectivity index (χ0n) is 48.4. The summed E-state index contributed by atoms with van der Waals surface area (Å²) in [5, 5.41) is 36.8. The van der Waals surface area contributed by atoms with Crippen molar-refractivity contribution >= 4 is 68.9 Å². The van der Waals surface area contributed by atoms with Crippen molar-refractivity contribution in [2.75, 3.05) is 77.7 Å². The van der Waals surface area contributed by atoms with Crippen molar-refractivity contribution in [2.24, 2.45) is 10.8 Å². The predicted molar refractivity (Wildman–Crippen MR) is 320 cm³/mol. The number of halogens is 2. The van der Waals surface area contributed by atoms with E-state index in [2.05, 4.69) is 46.9 Å². The molecular weight excluding hydrogens is 1160 g/mol. The molecule has 3 atom stereocenters. The van der Waals surface area contributed by atoms with E-state index in [-0.39, 0.29) is 68.0 Å². The number of aromatic nitrogens is 6. The van der Waals surface area contributed by atoms with Gasteiger partial charge in [-0.3, -0.25) is 23.9 Å². The van der Waals surface area contributed by atoms with E-state index < -0.39 is 46.6 Å². The number of carbonyl (C=O) groups is 4. The van der Waals surface area contributed by atoms with E-state index in [1.54, 1.807) is 40.5 Å². The number of aryl methyl sites for hydroxylation is 1. The molecule has 0 bridgehead atoms. The molecule has 1 saturated carbocycles. The average molecular weight is 1230 g/mol. The molecular formula is C59H76ClFN12O10S2. The first-order chi connectivity index (χ1) is 41.0. The summed E-state index contributed by atoms with van der Waals surface area (Å²) in [4.78, 5) is 70.4. The number of pyridine rings is 1. The number of carbonyl (C=O) groups excluding carboxylic acids is 4. The third kappa shape index (κ3) is 19.2. The molecule has 4 amide bonds. The van der Waals surface area contributed by atoms with Gasteiger partial charge in [-0.1, -0.05) is 74.0 Å². The highest BCUT2D eigenvalue weighted by atomic mass is 35.5. The number of aliphatic hydroxyl groups is 1. The summed E-state index contributed by atoms with van der Waals surface area (Å²) >= 11 is 9.03. The van der Waals surface area contributed by atoms with Crippen LogP contribution in [0.15, 0.2) is 83.9 Å². The number of likely N-dealkylation sites (tertiary alicyclic amines) is 1. The molecule has 22 nitrogen and oxygen atoms in total.